The maximum Gasteiger partial charge on any atom is 0.209 e. The molecule has 5 rings (SSSR count). The molecule has 1 saturated heterocycles. The van der Waals surface area contributed by atoms with Crippen molar-refractivity contribution in [3.63, 3.8) is 0 Å². The minimum Gasteiger partial charge on any atom is -0.393 e. The van der Waals surface area contributed by atoms with Gasteiger partial charge in [0.05, 0.1) is 6.10 Å². The summed E-state index contributed by atoms with van der Waals surface area (Å²) in [5, 5.41) is 14.2. The van der Waals surface area contributed by atoms with Gasteiger partial charge in [0, 0.05) is 37.5 Å². The number of aliphatic hydroxyl groups excluding tert-OH is 1. The largest absolute Gasteiger partial charge is 0.393 e. The number of carbonyl (C=O) groups excluding carboxylic acids is 1. The highest BCUT2D eigenvalue weighted by Crippen LogP contribution is 2.66. The van der Waals surface area contributed by atoms with Crippen molar-refractivity contribution < 1.29 is 9.90 Å². The molecule has 2 aliphatic carbocycles. The summed E-state index contributed by atoms with van der Waals surface area (Å²) in [6.07, 6.45) is 15.5. The van der Waals surface area contributed by atoms with Gasteiger partial charge in [-0.1, -0.05) is 125 Å². The van der Waals surface area contributed by atoms with E-state index in [2.05, 4.69) is 79.5 Å². The van der Waals surface area contributed by atoms with E-state index < -0.39 is 0 Å². The van der Waals surface area contributed by atoms with E-state index in [0.717, 1.165) is 58.3 Å². The van der Waals surface area contributed by atoms with E-state index >= 15 is 0 Å². The number of rotatable bonds is 13. The van der Waals surface area contributed by atoms with Gasteiger partial charge in [0.2, 0.25) is 6.41 Å². The second-order valence-corrected chi connectivity index (χ2v) is 12.2. The van der Waals surface area contributed by atoms with E-state index in [1.165, 1.54) is 73.6 Å². The molecule has 0 aromatic heterocycles. The molecular weight excluding hydrogens is 504 g/mol. The Morgan fingerprint density at radius 2 is 1.56 bits per heavy atom. The zero-order valence-corrected chi connectivity index (χ0v) is 25.3. The molecule has 2 fully saturated rings. The number of nitrogens with zero attached hydrogens (tertiary/aromatic N) is 1. The highest BCUT2D eigenvalue weighted by molar-refractivity contribution is 5.90. The lowest BCUT2D eigenvalue weighted by molar-refractivity contribution is -0.118. The number of benzene rings is 2. The highest BCUT2D eigenvalue weighted by Gasteiger charge is 2.56. The van der Waals surface area contributed by atoms with Crippen molar-refractivity contribution in [1.82, 2.24) is 10.2 Å². The molecule has 1 saturated carbocycles. The summed E-state index contributed by atoms with van der Waals surface area (Å²) in [6, 6.07) is 21.7. The molecule has 3 atom stereocenters. The number of carbonyl (C=O) groups is 1. The Morgan fingerprint density at radius 3 is 2.17 bits per heavy atom. The zero-order valence-electron chi connectivity index (χ0n) is 25.3. The Balaban J connectivity index is 0.000000417. The maximum atomic E-state index is 11.1. The van der Waals surface area contributed by atoms with Crippen molar-refractivity contribution in [3.8, 4) is 0 Å². The van der Waals surface area contributed by atoms with E-state index in [4.69, 9.17) is 0 Å². The molecule has 2 N–H and O–H groups in total. The van der Waals surface area contributed by atoms with Crippen molar-refractivity contribution in [2.45, 2.75) is 90.1 Å². The first kappa shape index (κ1) is 31.3. The van der Waals surface area contributed by atoms with E-state index in [-0.39, 0.29) is 17.4 Å². The molecule has 3 aliphatic rings. The fourth-order valence-electron chi connectivity index (χ4n) is 7.37. The van der Waals surface area contributed by atoms with Crippen molar-refractivity contribution >= 4 is 17.6 Å². The van der Waals surface area contributed by atoms with Gasteiger partial charge >= 0.3 is 0 Å². The third kappa shape index (κ3) is 7.78. The van der Waals surface area contributed by atoms with E-state index in [0.29, 0.717) is 0 Å². The predicted molar refractivity (Wildman–Crippen MR) is 172 cm³/mol. The van der Waals surface area contributed by atoms with Gasteiger partial charge < -0.3 is 15.3 Å². The summed E-state index contributed by atoms with van der Waals surface area (Å²) >= 11 is 0. The van der Waals surface area contributed by atoms with E-state index in [1.54, 1.807) is 10.5 Å². The monoisotopic (exact) mass is 556 g/mol. The first-order valence-corrected chi connectivity index (χ1v) is 16.2. The minimum atomic E-state index is -0.236. The third-order valence-corrected chi connectivity index (χ3v) is 9.55. The van der Waals surface area contributed by atoms with Gasteiger partial charge in [-0.05, 0) is 54.4 Å². The van der Waals surface area contributed by atoms with Crippen molar-refractivity contribution in [2.75, 3.05) is 26.2 Å². The van der Waals surface area contributed by atoms with Crippen LogP contribution in [0.5, 0.6) is 0 Å². The van der Waals surface area contributed by atoms with Gasteiger partial charge in [0.25, 0.3) is 0 Å². The number of unbranched alkanes of at least 4 members (excludes halogenated alkanes) is 7. The number of amides is 1. The van der Waals surface area contributed by atoms with Crippen LogP contribution in [0.4, 0.5) is 0 Å². The van der Waals surface area contributed by atoms with Crippen LogP contribution in [0.2, 0.25) is 0 Å². The van der Waals surface area contributed by atoms with Crippen LogP contribution >= 0.6 is 0 Å². The molecule has 3 unspecified atom stereocenters. The number of aliphatic hydroxyl groups is 1. The van der Waals surface area contributed by atoms with Gasteiger partial charge in [-0.25, -0.2) is 0 Å². The first-order valence-electron chi connectivity index (χ1n) is 16.2. The normalized spacial score (nSPS) is 23.6. The molecular formula is C37H52N2O2. The number of hydrogen-bond acceptors (Lipinski definition) is 3. The Morgan fingerprint density at radius 1 is 0.951 bits per heavy atom. The van der Waals surface area contributed by atoms with Crippen molar-refractivity contribution in [1.29, 1.82) is 0 Å². The van der Waals surface area contributed by atoms with Crippen LogP contribution in [0.3, 0.4) is 0 Å². The first-order chi connectivity index (χ1) is 20.1. The third-order valence-electron chi connectivity index (χ3n) is 9.55. The lowest BCUT2D eigenvalue weighted by Gasteiger charge is -2.37. The smallest absolute Gasteiger partial charge is 0.209 e. The summed E-state index contributed by atoms with van der Waals surface area (Å²) in [5.74, 6) is 0.254. The molecule has 0 radical (unpaired) electrons. The molecule has 0 spiro atoms. The minimum absolute atomic E-state index is 0.141. The van der Waals surface area contributed by atoms with Crippen LogP contribution in [0.25, 0.3) is 11.1 Å². The zero-order chi connectivity index (χ0) is 28.9. The average molecular weight is 557 g/mol. The lowest BCUT2D eigenvalue weighted by atomic mass is 9.66. The Labute approximate surface area is 248 Å². The summed E-state index contributed by atoms with van der Waals surface area (Å²) in [5.41, 5.74) is 6.68. The second-order valence-electron chi connectivity index (χ2n) is 12.2. The molecule has 41 heavy (non-hydrogen) atoms. The molecule has 1 aliphatic heterocycles. The van der Waals surface area contributed by atoms with Crippen LogP contribution in [0.15, 0.2) is 72.8 Å². The summed E-state index contributed by atoms with van der Waals surface area (Å²) < 4.78 is 0. The molecule has 2 aromatic carbocycles. The number of hydrogen-bond donors (Lipinski definition) is 2. The molecule has 1 heterocycles. The van der Waals surface area contributed by atoms with Crippen LogP contribution in [0, 0.1) is 11.3 Å². The lowest BCUT2D eigenvalue weighted by Crippen LogP contribution is -2.42. The number of piperazine rings is 1. The standard InChI is InChI=1S/C32H42O.C5H10N2O/c1-3-4-5-6-7-8-9-12-21-28-24-29-30(33)22-23-32(29,25(2)26-17-13-10-14-18-26)31(28)27-19-15-11-16-20-27;8-5-7-3-1-6-2-4-7/h10-11,13-20,29-30,33H,2-9,12,21-24H2,1H3;5-6H,1-4H2. The van der Waals surface area contributed by atoms with Crippen molar-refractivity contribution in [2.24, 2.45) is 11.3 Å². The van der Waals surface area contributed by atoms with Crippen molar-refractivity contribution in [3.05, 3.63) is 83.9 Å². The Kier molecular flexibility index (Phi) is 12.3. The van der Waals surface area contributed by atoms with Gasteiger partial charge in [-0.2, -0.15) is 0 Å². The fourth-order valence-corrected chi connectivity index (χ4v) is 7.37. The van der Waals surface area contributed by atoms with Gasteiger partial charge in [0.1, 0.15) is 0 Å². The quantitative estimate of drug-likeness (QED) is 0.195. The second kappa shape index (κ2) is 16.1. The van der Waals surface area contributed by atoms with Gasteiger partial charge in [-0.15, -0.1) is 0 Å². The molecule has 0 bridgehead atoms. The SMILES string of the molecule is C=C(c1ccccc1)C12CCC(O)C1CC(CCCCCCCCCC)=C2c1ccccc1.O=CN1CCNCC1. The predicted octanol–water partition coefficient (Wildman–Crippen LogP) is 7.89. The fraction of sp³-hybridized carbons (Fsp3) is 0.541. The van der Waals surface area contributed by atoms with Crippen LogP contribution < -0.4 is 5.32 Å². The van der Waals surface area contributed by atoms with Crippen LogP contribution in [-0.4, -0.2) is 48.7 Å². The van der Waals surface area contributed by atoms with Crippen LogP contribution in [0.1, 0.15) is 95.1 Å². The molecule has 4 nitrogen and oxygen atoms in total. The van der Waals surface area contributed by atoms with Crippen LogP contribution in [-0.2, 0) is 4.79 Å². The maximum absolute atomic E-state index is 11.1. The molecule has 222 valence electrons. The number of allylic oxidation sites excluding steroid dienone is 3. The van der Waals surface area contributed by atoms with E-state index in [1.807, 2.05) is 0 Å². The number of nitrogens with one attached hydrogen (secondary N) is 1. The topological polar surface area (TPSA) is 52.6 Å². The Bertz CT molecular complexity index is 1110. The van der Waals surface area contributed by atoms with Gasteiger partial charge in [-0.3, -0.25) is 4.79 Å². The number of fused-ring (bicyclic) bond motifs is 1. The average Bonchev–Trinajstić information content (AvgIpc) is 3.54. The summed E-state index contributed by atoms with van der Waals surface area (Å²) in [6.45, 7) is 10.6. The highest BCUT2D eigenvalue weighted by atomic mass is 16.3. The van der Waals surface area contributed by atoms with E-state index in [9.17, 15) is 9.90 Å². The summed E-state index contributed by atoms with van der Waals surface area (Å²) in [4.78, 5) is 11.8. The Hall–Kier alpha value is -2.69. The molecule has 1 amide bonds. The van der Waals surface area contributed by atoms with Gasteiger partial charge in [0.15, 0.2) is 0 Å². The summed E-state index contributed by atoms with van der Waals surface area (Å²) in [7, 11) is 0. The molecule has 4 heteroatoms. The molecule has 2 aromatic rings.